The zero-order chi connectivity index (χ0) is 14.6. The number of carboxylic acids is 1. The monoisotopic (exact) mass is 259 g/mol. The van der Waals surface area contributed by atoms with Gasteiger partial charge in [-0.25, -0.2) is 4.79 Å². The number of carbonyl (C=O) groups excluding carboxylic acids is 2. The van der Waals surface area contributed by atoms with Gasteiger partial charge in [-0.05, 0) is 27.7 Å². The molecule has 0 saturated heterocycles. The number of hydrogen-bond donors (Lipinski definition) is 4. The molecular weight excluding hydrogens is 238 g/mol. The summed E-state index contributed by atoms with van der Waals surface area (Å²) in [6.07, 6.45) is 0. The highest BCUT2D eigenvalue weighted by atomic mass is 16.4. The summed E-state index contributed by atoms with van der Waals surface area (Å²) in [4.78, 5) is 33.4. The third-order valence-corrected chi connectivity index (χ3v) is 3.27. The van der Waals surface area contributed by atoms with E-state index in [0.29, 0.717) is 0 Å². The maximum atomic E-state index is 11.4. The summed E-state index contributed by atoms with van der Waals surface area (Å²) in [5.41, 5.74) is -1.86. The van der Waals surface area contributed by atoms with Crippen LogP contribution >= 0.6 is 0 Å². The first-order chi connectivity index (χ1) is 8.04. The Morgan fingerprint density at radius 3 is 2.00 bits per heavy atom. The predicted molar refractivity (Wildman–Crippen MR) is 66.1 cm³/mol. The smallest absolute Gasteiger partial charge is 0.321 e. The minimum atomic E-state index is -1.06. The number of carboxylic acid groups (broad SMARTS) is 1. The largest absolute Gasteiger partial charge is 0.481 e. The molecule has 0 aliphatic heterocycles. The molecule has 0 unspecified atom stereocenters. The summed E-state index contributed by atoms with van der Waals surface area (Å²) in [5, 5.41) is 16.3. The molecule has 0 aromatic carbocycles. The standard InChI is InChI=1S/C11H21N3O4/c1-10(2,8(16)17)11(3,4)13-6-7(15)14-9(18)12-5/h13H,6H2,1-5H3,(H,16,17)(H2,12,14,15,18). The third kappa shape index (κ3) is 3.99. The van der Waals surface area contributed by atoms with Crippen molar-refractivity contribution in [3.05, 3.63) is 0 Å². The Labute approximate surface area is 106 Å². The molecule has 18 heavy (non-hydrogen) atoms. The molecule has 0 aromatic heterocycles. The van der Waals surface area contributed by atoms with Crippen LogP contribution < -0.4 is 16.0 Å². The van der Waals surface area contributed by atoms with Crippen LogP contribution in [-0.2, 0) is 9.59 Å². The van der Waals surface area contributed by atoms with Crippen LogP contribution in [0.1, 0.15) is 27.7 Å². The van der Waals surface area contributed by atoms with Gasteiger partial charge < -0.3 is 15.7 Å². The topological polar surface area (TPSA) is 108 Å². The average Bonchev–Trinajstić information content (AvgIpc) is 2.25. The van der Waals surface area contributed by atoms with E-state index in [1.165, 1.54) is 7.05 Å². The lowest BCUT2D eigenvalue weighted by atomic mass is 9.74. The molecule has 0 saturated carbocycles. The van der Waals surface area contributed by atoms with Crippen LogP contribution in [0.5, 0.6) is 0 Å². The molecule has 0 aliphatic carbocycles. The Morgan fingerprint density at radius 2 is 1.61 bits per heavy atom. The summed E-state index contributed by atoms with van der Waals surface area (Å²) in [5.74, 6) is -1.49. The van der Waals surface area contributed by atoms with Gasteiger partial charge in [0.05, 0.1) is 12.0 Å². The number of rotatable bonds is 5. The molecule has 7 heteroatoms. The van der Waals surface area contributed by atoms with Crippen molar-refractivity contribution in [1.82, 2.24) is 16.0 Å². The van der Waals surface area contributed by atoms with E-state index in [-0.39, 0.29) is 6.54 Å². The maximum absolute atomic E-state index is 11.4. The number of imide groups is 1. The molecule has 104 valence electrons. The van der Waals surface area contributed by atoms with Crippen LogP contribution in [0.15, 0.2) is 0 Å². The average molecular weight is 259 g/mol. The van der Waals surface area contributed by atoms with Crippen molar-refractivity contribution >= 4 is 17.9 Å². The zero-order valence-electron chi connectivity index (χ0n) is 11.4. The molecule has 7 nitrogen and oxygen atoms in total. The van der Waals surface area contributed by atoms with Crippen molar-refractivity contribution in [2.45, 2.75) is 33.2 Å². The normalized spacial score (nSPS) is 11.8. The predicted octanol–water partition coefficient (Wildman–Crippen LogP) is -0.0790. The molecule has 0 atom stereocenters. The lowest BCUT2D eigenvalue weighted by molar-refractivity contribution is -0.151. The van der Waals surface area contributed by atoms with E-state index in [4.69, 9.17) is 5.11 Å². The van der Waals surface area contributed by atoms with Crippen molar-refractivity contribution < 1.29 is 19.5 Å². The number of carbonyl (C=O) groups is 3. The van der Waals surface area contributed by atoms with E-state index in [1.54, 1.807) is 27.7 Å². The first-order valence-electron chi connectivity index (χ1n) is 5.54. The van der Waals surface area contributed by atoms with Gasteiger partial charge in [-0.3, -0.25) is 14.9 Å². The number of aliphatic carboxylic acids is 1. The molecule has 0 aromatic rings. The second-order valence-corrected chi connectivity index (χ2v) is 5.04. The van der Waals surface area contributed by atoms with Crippen molar-refractivity contribution in [3.63, 3.8) is 0 Å². The minimum Gasteiger partial charge on any atom is -0.481 e. The Morgan fingerprint density at radius 1 is 1.11 bits per heavy atom. The molecule has 0 fully saturated rings. The van der Waals surface area contributed by atoms with Gasteiger partial charge in [0, 0.05) is 12.6 Å². The number of amides is 3. The maximum Gasteiger partial charge on any atom is 0.321 e. The highest BCUT2D eigenvalue weighted by molar-refractivity contribution is 5.95. The number of hydrogen-bond acceptors (Lipinski definition) is 4. The molecule has 4 N–H and O–H groups in total. The number of nitrogens with one attached hydrogen (secondary N) is 3. The van der Waals surface area contributed by atoms with E-state index in [1.807, 2.05) is 0 Å². The zero-order valence-corrected chi connectivity index (χ0v) is 11.4. The van der Waals surface area contributed by atoms with Crippen molar-refractivity contribution in [3.8, 4) is 0 Å². The van der Waals surface area contributed by atoms with Crippen molar-refractivity contribution in [1.29, 1.82) is 0 Å². The Bertz CT molecular complexity index is 350. The van der Waals surface area contributed by atoms with E-state index >= 15 is 0 Å². The van der Waals surface area contributed by atoms with E-state index < -0.39 is 28.9 Å². The second kappa shape index (κ2) is 5.81. The molecule has 0 radical (unpaired) electrons. The van der Waals surface area contributed by atoms with Crippen LogP contribution in [0.3, 0.4) is 0 Å². The van der Waals surface area contributed by atoms with Crippen molar-refractivity contribution in [2.24, 2.45) is 5.41 Å². The highest BCUT2D eigenvalue weighted by Crippen LogP contribution is 2.30. The van der Waals surface area contributed by atoms with Gasteiger partial charge >= 0.3 is 12.0 Å². The summed E-state index contributed by atoms with van der Waals surface area (Å²) in [6.45, 7) is 6.37. The second-order valence-electron chi connectivity index (χ2n) is 5.04. The molecule has 0 spiro atoms. The molecule has 3 amide bonds. The van der Waals surface area contributed by atoms with Gasteiger partial charge in [-0.2, -0.15) is 0 Å². The van der Waals surface area contributed by atoms with E-state index in [2.05, 4.69) is 16.0 Å². The van der Waals surface area contributed by atoms with Crippen LogP contribution in [0.25, 0.3) is 0 Å². The highest BCUT2D eigenvalue weighted by Gasteiger charge is 2.43. The van der Waals surface area contributed by atoms with Gasteiger partial charge in [0.15, 0.2) is 0 Å². The fourth-order valence-corrected chi connectivity index (χ4v) is 1.02. The van der Waals surface area contributed by atoms with Gasteiger partial charge in [0.25, 0.3) is 0 Å². The SMILES string of the molecule is CNC(=O)NC(=O)CNC(C)(C)C(C)(C)C(=O)O. The molecule has 0 rings (SSSR count). The molecule has 0 heterocycles. The van der Waals surface area contributed by atoms with Gasteiger partial charge in [0.1, 0.15) is 0 Å². The fraction of sp³-hybridized carbons (Fsp3) is 0.727. The van der Waals surface area contributed by atoms with Gasteiger partial charge in [-0.1, -0.05) is 0 Å². The minimum absolute atomic E-state index is 0.142. The number of urea groups is 1. The first-order valence-corrected chi connectivity index (χ1v) is 5.54. The molecule has 0 aliphatic rings. The van der Waals surface area contributed by atoms with E-state index in [0.717, 1.165) is 0 Å². The molecule has 0 bridgehead atoms. The lowest BCUT2D eigenvalue weighted by Crippen LogP contribution is -2.57. The quantitative estimate of drug-likeness (QED) is 0.552. The molecular formula is C11H21N3O4. The van der Waals surface area contributed by atoms with Gasteiger partial charge in [-0.15, -0.1) is 0 Å². The van der Waals surface area contributed by atoms with Crippen LogP contribution in [0.4, 0.5) is 4.79 Å². The van der Waals surface area contributed by atoms with Gasteiger partial charge in [0.2, 0.25) is 5.91 Å². The van der Waals surface area contributed by atoms with Crippen LogP contribution in [0, 0.1) is 5.41 Å². The first kappa shape index (κ1) is 16.4. The lowest BCUT2D eigenvalue weighted by Gasteiger charge is -2.38. The summed E-state index contributed by atoms with van der Waals surface area (Å²) in [6, 6.07) is -0.600. The fourth-order valence-electron chi connectivity index (χ4n) is 1.02. The van der Waals surface area contributed by atoms with Crippen molar-refractivity contribution in [2.75, 3.05) is 13.6 Å². The van der Waals surface area contributed by atoms with E-state index in [9.17, 15) is 14.4 Å². The summed E-state index contributed by atoms with van der Waals surface area (Å²) < 4.78 is 0. The third-order valence-electron chi connectivity index (χ3n) is 3.27. The van der Waals surface area contributed by atoms with Crippen LogP contribution in [-0.4, -0.2) is 42.1 Å². The Balaban J connectivity index is 4.49. The van der Waals surface area contributed by atoms with Crippen LogP contribution in [0.2, 0.25) is 0 Å². The Hall–Kier alpha value is -1.63. The summed E-state index contributed by atoms with van der Waals surface area (Å²) in [7, 11) is 1.40. The summed E-state index contributed by atoms with van der Waals surface area (Å²) >= 11 is 0. The Kier molecular flexibility index (Phi) is 5.29.